The summed E-state index contributed by atoms with van der Waals surface area (Å²) in [4.78, 5) is 26.6. The van der Waals surface area contributed by atoms with Crippen molar-refractivity contribution < 1.29 is 38.7 Å². The van der Waals surface area contributed by atoms with Gasteiger partial charge in [-0.1, -0.05) is 38.8 Å². The predicted molar refractivity (Wildman–Crippen MR) is 123 cm³/mol. The minimum atomic E-state index is -1.27. The van der Waals surface area contributed by atoms with Crippen LogP contribution in [0, 0.1) is 45.8 Å². The Labute approximate surface area is 206 Å². The van der Waals surface area contributed by atoms with E-state index in [0.29, 0.717) is 18.3 Å². The molecule has 2 saturated heterocycles. The van der Waals surface area contributed by atoms with Gasteiger partial charge in [0.1, 0.15) is 36.1 Å². The van der Waals surface area contributed by atoms with Gasteiger partial charge in [-0.25, -0.2) is 0 Å². The van der Waals surface area contributed by atoms with Crippen LogP contribution in [0.1, 0.15) is 46.5 Å². The van der Waals surface area contributed by atoms with Crippen LogP contribution in [0.25, 0.3) is 0 Å². The third-order valence-electron chi connectivity index (χ3n) is 10.9. The summed E-state index contributed by atoms with van der Waals surface area (Å²) in [6.07, 6.45) is 4.34. The summed E-state index contributed by atoms with van der Waals surface area (Å²) in [5, 5.41) is 20.9. The van der Waals surface area contributed by atoms with Gasteiger partial charge in [0.15, 0.2) is 6.29 Å². The van der Waals surface area contributed by atoms with Crippen LogP contribution >= 0.6 is 0 Å². The van der Waals surface area contributed by atoms with Crippen LogP contribution < -0.4 is 0 Å². The van der Waals surface area contributed by atoms with Gasteiger partial charge in [0.25, 0.3) is 0 Å². The average Bonchev–Trinajstić information content (AvgIpc) is 3.44. The quantitative estimate of drug-likeness (QED) is 0.303. The van der Waals surface area contributed by atoms with Gasteiger partial charge in [-0.05, 0) is 48.9 Å². The highest BCUT2D eigenvalue weighted by molar-refractivity contribution is 5.90. The molecular weight excluding hydrogens is 452 g/mol. The lowest BCUT2D eigenvalue weighted by atomic mass is 9.43. The van der Waals surface area contributed by atoms with Gasteiger partial charge in [0.05, 0.1) is 18.6 Å². The fraction of sp³-hybridized carbons (Fsp3) is 0.852. The number of carboxylic acids is 1. The first-order valence-corrected chi connectivity index (χ1v) is 13.2. The molecular formula is C27H38O8. The molecule has 2 heterocycles. The number of aliphatic hydroxyl groups excluding tert-OH is 1. The number of aliphatic carboxylic acids is 1. The smallest absolute Gasteiger partial charge is 0.315 e. The van der Waals surface area contributed by atoms with Crippen molar-refractivity contribution in [3.05, 3.63) is 11.6 Å². The number of aliphatic hydroxyl groups is 1. The number of epoxide rings is 1. The number of methoxy groups -OCH3 is 1. The van der Waals surface area contributed by atoms with Crippen LogP contribution in [-0.2, 0) is 28.5 Å². The van der Waals surface area contributed by atoms with Crippen LogP contribution in [0.2, 0.25) is 0 Å². The van der Waals surface area contributed by atoms with Crippen molar-refractivity contribution in [2.45, 2.75) is 77.2 Å². The van der Waals surface area contributed by atoms with Gasteiger partial charge in [-0.15, -0.1) is 0 Å². The molecule has 4 bridgehead atoms. The molecule has 6 rings (SSSR count). The predicted octanol–water partition coefficient (Wildman–Crippen LogP) is 2.43. The molecule has 0 unspecified atom stereocenters. The number of hydrogen-bond donors (Lipinski definition) is 2. The molecule has 0 radical (unpaired) electrons. The summed E-state index contributed by atoms with van der Waals surface area (Å²) in [6.45, 7) is 6.30. The Balaban J connectivity index is 1.39. The van der Waals surface area contributed by atoms with Crippen LogP contribution in [0.15, 0.2) is 11.6 Å². The first-order valence-electron chi connectivity index (χ1n) is 13.2. The summed E-state index contributed by atoms with van der Waals surface area (Å²) in [5.41, 5.74) is -1.99. The number of aldehydes is 1. The molecule has 35 heavy (non-hydrogen) atoms. The number of allylic oxidation sites excluding steroid dienone is 1. The number of carbonyl (C=O) groups is 2. The van der Waals surface area contributed by atoms with Crippen LogP contribution in [0.4, 0.5) is 0 Å². The van der Waals surface area contributed by atoms with E-state index in [0.717, 1.165) is 31.1 Å². The Morgan fingerprint density at radius 2 is 2.03 bits per heavy atom. The van der Waals surface area contributed by atoms with Gasteiger partial charge in [-0.3, -0.25) is 4.79 Å². The Bertz CT molecular complexity index is 947. The number of carboxylic acid groups (broad SMARTS) is 1. The van der Waals surface area contributed by atoms with Crippen LogP contribution in [-0.4, -0.2) is 73.5 Å². The highest BCUT2D eigenvalue weighted by Gasteiger charge is 2.84. The minimum Gasteiger partial charge on any atom is -0.481 e. The van der Waals surface area contributed by atoms with Crippen molar-refractivity contribution in [2.24, 2.45) is 45.8 Å². The summed E-state index contributed by atoms with van der Waals surface area (Å²) >= 11 is 0. The summed E-state index contributed by atoms with van der Waals surface area (Å²) < 4.78 is 23.8. The van der Waals surface area contributed by atoms with Gasteiger partial charge >= 0.3 is 5.97 Å². The normalized spacial score (nSPS) is 53.3. The first-order chi connectivity index (χ1) is 16.7. The molecule has 2 N–H and O–H groups in total. The van der Waals surface area contributed by atoms with Gasteiger partial charge < -0.3 is 34.0 Å². The van der Waals surface area contributed by atoms with Crippen molar-refractivity contribution in [2.75, 3.05) is 20.3 Å². The molecule has 0 aromatic heterocycles. The zero-order valence-electron chi connectivity index (χ0n) is 21.0. The Morgan fingerprint density at radius 1 is 1.26 bits per heavy atom. The van der Waals surface area contributed by atoms with E-state index in [-0.39, 0.29) is 49.3 Å². The second-order valence-electron chi connectivity index (χ2n) is 12.3. The highest BCUT2D eigenvalue weighted by Crippen LogP contribution is 2.82. The lowest BCUT2D eigenvalue weighted by Gasteiger charge is -2.58. The molecule has 0 spiro atoms. The molecule has 6 aliphatic rings. The molecule has 194 valence electrons. The fourth-order valence-corrected chi connectivity index (χ4v) is 9.59. The Kier molecular flexibility index (Phi) is 5.39. The molecule has 12 atom stereocenters. The number of carbonyl (C=O) groups excluding carboxylic acids is 1. The summed E-state index contributed by atoms with van der Waals surface area (Å²) in [7, 11) is 1.57. The largest absolute Gasteiger partial charge is 0.481 e. The van der Waals surface area contributed by atoms with Gasteiger partial charge in [0, 0.05) is 12.5 Å². The maximum atomic E-state index is 13.5. The Hall–Kier alpha value is -1.32. The zero-order chi connectivity index (χ0) is 24.9. The van der Waals surface area contributed by atoms with Crippen LogP contribution in [0.5, 0.6) is 0 Å². The standard InChI is InChI=1S/C27H38O8/c1-13(2)18-7-15-8-25(11-29)17-6-5-14(3)16(17)9-26(15,27(18,25)24(30)31)12-33-23-22-21(35-22)20(32-4)19(10-28)34-23/h7,11,13-17,19-23,28H,5-6,8-10,12H2,1-4H3,(H,30,31)/t14-,15+,16-,17-,19-,20-,21+,22+,23-,25+,26+,27+/m1/s1. The molecule has 2 aliphatic heterocycles. The molecule has 5 fully saturated rings. The maximum Gasteiger partial charge on any atom is 0.315 e. The second kappa shape index (κ2) is 7.84. The van der Waals surface area contributed by atoms with E-state index in [1.54, 1.807) is 7.11 Å². The van der Waals surface area contributed by atoms with E-state index in [2.05, 4.69) is 13.0 Å². The summed E-state index contributed by atoms with van der Waals surface area (Å²) in [6, 6.07) is 0. The molecule has 8 nitrogen and oxygen atoms in total. The topological polar surface area (TPSA) is 115 Å². The SMILES string of the molecule is CO[C@H]1[C@@H]2O[C@@H]2[C@H](OC[C@@]23C[C@@H]4[C@H](C)CC[C@H]4[C@@]4(C=O)C[C@@H]2C=C(C(C)C)[C@@]34C(=O)O)O[C@@H]1CO. The Morgan fingerprint density at radius 3 is 2.66 bits per heavy atom. The van der Waals surface area contributed by atoms with Crippen molar-refractivity contribution in [3.8, 4) is 0 Å². The third-order valence-corrected chi connectivity index (χ3v) is 10.9. The third kappa shape index (κ3) is 2.70. The van der Waals surface area contributed by atoms with Crippen molar-refractivity contribution in [1.29, 1.82) is 0 Å². The van der Waals surface area contributed by atoms with E-state index >= 15 is 0 Å². The van der Waals surface area contributed by atoms with Gasteiger partial charge in [-0.2, -0.15) is 0 Å². The fourth-order valence-electron chi connectivity index (χ4n) is 9.59. The molecule has 0 amide bonds. The highest BCUT2D eigenvalue weighted by atomic mass is 16.8. The number of rotatable bonds is 8. The average molecular weight is 491 g/mol. The molecule has 0 aromatic carbocycles. The second-order valence-corrected chi connectivity index (χ2v) is 12.3. The van der Waals surface area contributed by atoms with Gasteiger partial charge in [0.2, 0.25) is 0 Å². The van der Waals surface area contributed by atoms with E-state index in [9.17, 15) is 19.8 Å². The van der Waals surface area contributed by atoms with Crippen molar-refractivity contribution in [1.82, 2.24) is 0 Å². The maximum absolute atomic E-state index is 13.5. The van der Waals surface area contributed by atoms with E-state index in [1.807, 2.05) is 13.8 Å². The molecule has 3 saturated carbocycles. The van der Waals surface area contributed by atoms with E-state index in [1.165, 1.54) is 0 Å². The van der Waals surface area contributed by atoms with Crippen molar-refractivity contribution >= 4 is 12.3 Å². The molecule has 8 heteroatoms. The number of ether oxygens (including phenoxy) is 4. The minimum absolute atomic E-state index is 0.0220. The zero-order valence-corrected chi connectivity index (χ0v) is 21.0. The first kappa shape index (κ1) is 24.0. The van der Waals surface area contributed by atoms with Crippen molar-refractivity contribution in [3.63, 3.8) is 0 Å². The number of fused-ring (bicyclic) bond motifs is 3. The lowest BCUT2D eigenvalue weighted by Crippen LogP contribution is -2.64. The molecule has 0 aromatic rings. The molecule has 4 aliphatic carbocycles. The monoisotopic (exact) mass is 490 g/mol. The van der Waals surface area contributed by atoms with E-state index in [4.69, 9.17) is 18.9 Å². The number of hydrogen-bond acceptors (Lipinski definition) is 7. The summed E-state index contributed by atoms with van der Waals surface area (Å²) in [5.74, 6) is -0.0406. The van der Waals surface area contributed by atoms with E-state index < -0.39 is 34.6 Å². The lowest BCUT2D eigenvalue weighted by molar-refractivity contribution is -0.245. The van der Waals surface area contributed by atoms with Crippen LogP contribution in [0.3, 0.4) is 0 Å².